The maximum absolute atomic E-state index is 5.40. The Morgan fingerprint density at radius 3 is 2.91 bits per heavy atom. The number of aromatic amines is 1. The van der Waals surface area contributed by atoms with E-state index in [0.717, 1.165) is 58.8 Å². The molecule has 1 fully saturated rings. The third-order valence-corrected chi connectivity index (χ3v) is 4.38. The first-order valence-corrected chi connectivity index (χ1v) is 8.33. The number of aliphatic imine (C=N–C) groups is 1. The van der Waals surface area contributed by atoms with Crippen molar-refractivity contribution in [1.29, 1.82) is 0 Å². The van der Waals surface area contributed by atoms with Crippen LogP contribution in [0.15, 0.2) is 45.6 Å². The van der Waals surface area contributed by atoms with Crippen molar-refractivity contribution in [2.45, 2.75) is 6.92 Å². The first kappa shape index (κ1) is 16.0. The molecule has 2 heterocycles. The lowest BCUT2D eigenvalue weighted by atomic mass is 10.1. The van der Waals surface area contributed by atoms with Gasteiger partial charge in [0.05, 0.1) is 24.4 Å². The van der Waals surface area contributed by atoms with Crippen molar-refractivity contribution in [1.82, 2.24) is 15.1 Å². The van der Waals surface area contributed by atoms with Crippen LogP contribution in [0.1, 0.15) is 12.6 Å². The molecule has 2 aromatic rings. The summed E-state index contributed by atoms with van der Waals surface area (Å²) in [7, 11) is 0. The van der Waals surface area contributed by atoms with Crippen molar-refractivity contribution in [2.75, 3.05) is 26.3 Å². The second kappa shape index (κ2) is 7.10. The minimum Gasteiger partial charge on any atom is -0.378 e. The molecule has 0 spiro atoms. The van der Waals surface area contributed by atoms with Gasteiger partial charge >= 0.3 is 0 Å². The van der Waals surface area contributed by atoms with Gasteiger partial charge in [0.2, 0.25) is 0 Å². The average Bonchev–Trinajstić information content (AvgIpc) is 3.00. The number of ether oxygens (including phenoxy) is 1. The van der Waals surface area contributed by atoms with E-state index in [9.17, 15) is 0 Å². The Morgan fingerprint density at radius 1 is 1.43 bits per heavy atom. The Morgan fingerprint density at radius 2 is 2.22 bits per heavy atom. The van der Waals surface area contributed by atoms with E-state index in [2.05, 4.69) is 48.8 Å². The van der Waals surface area contributed by atoms with Crippen molar-refractivity contribution in [2.24, 2.45) is 4.99 Å². The summed E-state index contributed by atoms with van der Waals surface area (Å²) in [6.45, 7) is 8.82. The number of aromatic nitrogens is 2. The SMILES string of the molecule is C=N/C(=C\C(=C/C)c1n[nH]c2cc(Br)ccc12)N1CCOCC1. The molecule has 1 saturated heterocycles. The van der Waals surface area contributed by atoms with Gasteiger partial charge in [-0.2, -0.15) is 5.10 Å². The third-order valence-electron chi connectivity index (χ3n) is 3.89. The summed E-state index contributed by atoms with van der Waals surface area (Å²) in [6.07, 6.45) is 4.08. The van der Waals surface area contributed by atoms with Gasteiger partial charge in [-0.1, -0.05) is 22.0 Å². The van der Waals surface area contributed by atoms with E-state index in [-0.39, 0.29) is 0 Å². The molecule has 23 heavy (non-hydrogen) atoms. The zero-order chi connectivity index (χ0) is 16.2. The number of rotatable bonds is 4. The molecule has 0 aliphatic carbocycles. The highest BCUT2D eigenvalue weighted by molar-refractivity contribution is 9.10. The monoisotopic (exact) mass is 374 g/mol. The Kier molecular flexibility index (Phi) is 4.93. The molecule has 1 N–H and O–H groups in total. The smallest absolute Gasteiger partial charge is 0.128 e. The summed E-state index contributed by atoms with van der Waals surface area (Å²) in [4.78, 5) is 6.38. The molecule has 1 aliphatic heterocycles. The van der Waals surface area contributed by atoms with Crippen LogP contribution in [0.25, 0.3) is 16.5 Å². The van der Waals surface area contributed by atoms with Crippen molar-refractivity contribution < 1.29 is 4.74 Å². The fraction of sp³-hybridized carbons (Fsp3) is 0.294. The van der Waals surface area contributed by atoms with Crippen LogP contribution < -0.4 is 0 Å². The zero-order valence-electron chi connectivity index (χ0n) is 13.1. The number of benzene rings is 1. The number of hydrogen-bond acceptors (Lipinski definition) is 4. The fourth-order valence-corrected chi connectivity index (χ4v) is 3.03. The van der Waals surface area contributed by atoms with Crippen LogP contribution in [0, 0.1) is 0 Å². The molecule has 0 saturated carbocycles. The van der Waals surface area contributed by atoms with Gasteiger partial charge < -0.3 is 9.64 Å². The van der Waals surface area contributed by atoms with Crippen LogP contribution in [0.3, 0.4) is 0 Å². The van der Waals surface area contributed by atoms with Gasteiger partial charge in [-0.25, -0.2) is 4.99 Å². The molecule has 5 nitrogen and oxygen atoms in total. The first-order chi connectivity index (χ1) is 11.2. The van der Waals surface area contributed by atoms with E-state index in [1.165, 1.54) is 0 Å². The predicted octanol–water partition coefficient (Wildman–Crippen LogP) is 3.60. The number of nitrogens with one attached hydrogen (secondary N) is 1. The minimum absolute atomic E-state index is 0.720. The molecule has 0 atom stereocenters. The second-order valence-corrected chi connectivity index (χ2v) is 6.18. The molecule has 1 aromatic carbocycles. The molecule has 3 rings (SSSR count). The molecule has 0 amide bonds. The number of allylic oxidation sites excluding steroid dienone is 3. The maximum Gasteiger partial charge on any atom is 0.128 e. The summed E-state index contributed by atoms with van der Waals surface area (Å²) < 4.78 is 6.43. The quantitative estimate of drug-likeness (QED) is 0.656. The predicted molar refractivity (Wildman–Crippen MR) is 97.5 cm³/mol. The number of halogens is 1. The topological polar surface area (TPSA) is 53.5 Å². The lowest BCUT2D eigenvalue weighted by Crippen LogP contribution is -2.35. The molecule has 0 bridgehead atoms. The third kappa shape index (κ3) is 3.38. The van der Waals surface area contributed by atoms with Crippen molar-refractivity contribution >= 4 is 39.1 Å². The second-order valence-electron chi connectivity index (χ2n) is 5.27. The summed E-state index contributed by atoms with van der Waals surface area (Å²) in [5, 5.41) is 8.65. The van der Waals surface area contributed by atoms with E-state index in [1.807, 2.05) is 31.2 Å². The van der Waals surface area contributed by atoms with Crippen LogP contribution >= 0.6 is 15.9 Å². The van der Waals surface area contributed by atoms with Crippen molar-refractivity contribution in [3.05, 3.63) is 46.3 Å². The van der Waals surface area contributed by atoms with Crippen LogP contribution in [0.5, 0.6) is 0 Å². The molecule has 120 valence electrons. The zero-order valence-corrected chi connectivity index (χ0v) is 14.6. The standard InChI is InChI=1S/C17H19BrN4O/c1-3-12(10-16(19-2)22-6-8-23-9-7-22)17-14-5-4-13(18)11-15(14)20-21-17/h3-5,10-11H,2,6-9H2,1H3,(H,20,21)/b12-3+,16-10+. The molecular formula is C17H19BrN4O. The molecular weight excluding hydrogens is 356 g/mol. The van der Waals surface area contributed by atoms with Crippen LogP contribution in [-0.2, 0) is 4.74 Å². The molecule has 1 aliphatic rings. The molecule has 1 aromatic heterocycles. The van der Waals surface area contributed by atoms with Crippen LogP contribution in [0.4, 0.5) is 0 Å². The number of nitrogens with zero attached hydrogens (tertiary/aromatic N) is 3. The fourth-order valence-electron chi connectivity index (χ4n) is 2.67. The number of morpholine rings is 1. The number of hydrogen-bond donors (Lipinski definition) is 1. The normalized spacial score (nSPS) is 16.9. The summed E-state index contributed by atoms with van der Waals surface area (Å²) in [5.74, 6) is 0.856. The first-order valence-electron chi connectivity index (χ1n) is 7.54. The van der Waals surface area contributed by atoms with E-state index in [1.54, 1.807) is 0 Å². The lowest BCUT2D eigenvalue weighted by Gasteiger charge is -2.28. The maximum atomic E-state index is 5.40. The lowest BCUT2D eigenvalue weighted by molar-refractivity contribution is 0.0533. The molecule has 0 unspecified atom stereocenters. The summed E-state index contributed by atoms with van der Waals surface area (Å²) in [6, 6.07) is 6.11. The Labute approximate surface area is 143 Å². The molecule has 0 radical (unpaired) electrons. The van der Waals surface area contributed by atoms with E-state index in [4.69, 9.17) is 4.74 Å². The van der Waals surface area contributed by atoms with Gasteiger partial charge in [0.25, 0.3) is 0 Å². The number of fused-ring (bicyclic) bond motifs is 1. The summed E-state index contributed by atoms with van der Waals surface area (Å²) in [5.41, 5.74) is 2.94. The Bertz CT molecular complexity index is 772. The minimum atomic E-state index is 0.720. The van der Waals surface area contributed by atoms with Crippen LogP contribution in [-0.4, -0.2) is 48.1 Å². The summed E-state index contributed by atoms with van der Waals surface area (Å²) >= 11 is 3.48. The highest BCUT2D eigenvalue weighted by atomic mass is 79.9. The van der Waals surface area contributed by atoms with Gasteiger partial charge in [-0.05, 0) is 37.9 Å². The van der Waals surface area contributed by atoms with Crippen molar-refractivity contribution in [3.63, 3.8) is 0 Å². The van der Waals surface area contributed by atoms with Gasteiger partial charge in [0.1, 0.15) is 5.82 Å². The highest BCUT2D eigenvalue weighted by Crippen LogP contribution is 2.27. The largest absolute Gasteiger partial charge is 0.378 e. The highest BCUT2D eigenvalue weighted by Gasteiger charge is 2.15. The van der Waals surface area contributed by atoms with Gasteiger partial charge in [-0.15, -0.1) is 0 Å². The van der Waals surface area contributed by atoms with E-state index < -0.39 is 0 Å². The molecule has 6 heteroatoms. The van der Waals surface area contributed by atoms with Crippen molar-refractivity contribution in [3.8, 4) is 0 Å². The Hall–Kier alpha value is -1.92. The van der Waals surface area contributed by atoms with E-state index >= 15 is 0 Å². The average molecular weight is 375 g/mol. The van der Waals surface area contributed by atoms with E-state index in [0.29, 0.717) is 0 Å². The van der Waals surface area contributed by atoms with Crippen LogP contribution in [0.2, 0.25) is 0 Å². The number of H-pyrrole nitrogens is 1. The van der Waals surface area contributed by atoms with Gasteiger partial charge in [0, 0.05) is 28.5 Å². The van der Waals surface area contributed by atoms with Gasteiger partial charge in [-0.3, -0.25) is 5.10 Å². The van der Waals surface area contributed by atoms with Gasteiger partial charge in [0.15, 0.2) is 0 Å². The Balaban J connectivity index is 1.97.